The first-order valence-corrected chi connectivity index (χ1v) is 8.19. The Morgan fingerprint density at radius 3 is 2.85 bits per heavy atom. The van der Waals surface area contributed by atoms with Gasteiger partial charge in [-0.3, -0.25) is 14.9 Å². The summed E-state index contributed by atoms with van der Waals surface area (Å²) in [4.78, 5) is 33.9. The van der Waals surface area contributed by atoms with E-state index >= 15 is 0 Å². The molecule has 26 heavy (non-hydrogen) atoms. The Labute approximate surface area is 150 Å². The van der Waals surface area contributed by atoms with Crippen LogP contribution in [0.15, 0.2) is 36.9 Å². The van der Waals surface area contributed by atoms with Gasteiger partial charge in [0.1, 0.15) is 11.9 Å². The van der Waals surface area contributed by atoms with Gasteiger partial charge in [0.2, 0.25) is 5.91 Å². The Morgan fingerprint density at radius 1 is 1.31 bits per heavy atom. The molecule has 0 aromatic carbocycles. The number of hydrogen-bond donors (Lipinski definition) is 1. The van der Waals surface area contributed by atoms with Gasteiger partial charge in [-0.1, -0.05) is 6.92 Å². The molecule has 1 unspecified atom stereocenters. The van der Waals surface area contributed by atoms with Crippen molar-refractivity contribution in [2.24, 2.45) is 0 Å². The number of aromatic amines is 1. The van der Waals surface area contributed by atoms with Crippen molar-refractivity contribution in [1.82, 2.24) is 20.2 Å². The van der Waals surface area contributed by atoms with Crippen molar-refractivity contribution in [3.63, 3.8) is 0 Å². The summed E-state index contributed by atoms with van der Waals surface area (Å²) in [5, 5.41) is 7.37. The summed E-state index contributed by atoms with van der Waals surface area (Å²) in [6.07, 6.45) is 6.34. The molecule has 134 valence electrons. The minimum absolute atomic E-state index is 0.127. The largest absolute Gasteiger partial charge is 0.454 e. The van der Waals surface area contributed by atoms with Crippen LogP contribution in [-0.4, -0.2) is 39.1 Å². The lowest BCUT2D eigenvalue weighted by Crippen LogP contribution is -2.24. The molecule has 8 heteroatoms. The number of nitrogens with zero attached hydrogens (tertiary/aromatic N) is 4. The molecule has 1 amide bonds. The van der Waals surface area contributed by atoms with Crippen LogP contribution in [0.3, 0.4) is 0 Å². The lowest BCUT2D eigenvalue weighted by Gasteiger charge is -2.19. The molecule has 1 N–H and O–H groups in total. The average Bonchev–Trinajstić information content (AvgIpc) is 3.14. The molecule has 0 aliphatic heterocycles. The number of carbonyl (C=O) groups excluding carboxylic acids is 2. The number of hydrogen-bond acceptors (Lipinski definition) is 6. The van der Waals surface area contributed by atoms with Crippen LogP contribution in [0.25, 0.3) is 10.9 Å². The molecule has 8 nitrogen and oxygen atoms in total. The van der Waals surface area contributed by atoms with Crippen LogP contribution in [0.2, 0.25) is 0 Å². The van der Waals surface area contributed by atoms with Crippen molar-refractivity contribution in [3.05, 3.63) is 48.0 Å². The topological polar surface area (TPSA) is 101 Å². The number of anilines is 1. The molecule has 0 bridgehead atoms. The molecular weight excluding hydrogens is 334 g/mol. The van der Waals surface area contributed by atoms with Gasteiger partial charge in [0, 0.05) is 31.8 Å². The Balaban J connectivity index is 1.86. The van der Waals surface area contributed by atoms with E-state index in [9.17, 15) is 9.59 Å². The van der Waals surface area contributed by atoms with E-state index in [0.717, 1.165) is 5.56 Å². The van der Waals surface area contributed by atoms with Crippen molar-refractivity contribution in [1.29, 1.82) is 0 Å². The van der Waals surface area contributed by atoms with E-state index in [2.05, 4.69) is 20.2 Å². The number of ether oxygens (including phenoxy) is 1. The highest BCUT2D eigenvalue weighted by molar-refractivity contribution is 6.02. The number of fused-ring (bicyclic) bond motifs is 1. The first kappa shape index (κ1) is 17.5. The zero-order valence-electron chi connectivity index (χ0n) is 14.8. The van der Waals surface area contributed by atoms with Gasteiger partial charge in [-0.15, -0.1) is 0 Å². The quantitative estimate of drug-likeness (QED) is 0.708. The third-order valence-electron chi connectivity index (χ3n) is 4.16. The Hall–Kier alpha value is -3.29. The number of aromatic nitrogens is 4. The van der Waals surface area contributed by atoms with E-state index in [-0.39, 0.29) is 5.91 Å². The van der Waals surface area contributed by atoms with E-state index in [1.807, 2.05) is 6.92 Å². The minimum Gasteiger partial charge on any atom is -0.454 e. The first-order valence-electron chi connectivity index (χ1n) is 8.19. The summed E-state index contributed by atoms with van der Waals surface area (Å²) >= 11 is 0. The molecule has 0 saturated carbocycles. The standard InChI is InChI=1S/C18H19N5O3/c1-4-16(12-5-6-20-17(7-12)23(3)11(2)24)26-18(25)14-8-19-10-15-13(14)9-21-22-15/h5-10,16H,4H2,1-3H3,(H,21,22). The van der Waals surface area contributed by atoms with Crippen LogP contribution in [0.1, 0.15) is 42.3 Å². The number of rotatable bonds is 5. The molecule has 1 atom stereocenters. The molecule has 3 aromatic heterocycles. The summed E-state index contributed by atoms with van der Waals surface area (Å²) in [5.74, 6) is -0.102. The fraction of sp³-hybridized carbons (Fsp3) is 0.278. The first-order chi connectivity index (χ1) is 12.5. The van der Waals surface area contributed by atoms with E-state index in [1.54, 1.807) is 37.8 Å². The Morgan fingerprint density at radius 2 is 2.12 bits per heavy atom. The van der Waals surface area contributed by atoms with E-state index in [4.69, 9.17) is 4.74 Å². The SMILES string of the molecule is CCC(OC(=O)c1cncc2[nH]ncc12)c1ccnc(N(C)C(C)=O)c1. The number of H-pyrrole nitrogens is 1. The van der Waals surface area contributed by atoms with Crippen LogP contribution in [0.5, 0.6) is 0 Å². The van der Waals surface area contributed by atoms with Gasteiger partial charge in [0.05, 0.1) is 23.5 Å². The number of carbonyl (C=O) groups is 2. The maximum atomic E-state index is 12.6. The molecule has 3 heterocycles. The molecule has 0 fully saturated rings. The zero-order chi connectivity index (χ0) is 18.7. The van der Waals surface area contributed by atoms with Crippen molar-refractivity contribution in [3.8, 4) is 0 Å². The van der Waals surface area contributed by atoms with Crippen molar-refractivity contribution in [2.75, 3.05) is 11.9 Å². The Bertz CT molecular complexity index is 953. The predicted molar refractivity (Wildman–Crippen MR) is 95.7 cm³/mol. The lowest BCUT2D eigenvalue weighted by atomic mass is 10.1. The maximum Gasteiger partial charge on any atom is 0.341 e. The van der Waals surface area contributed by atoms with E-state index in [0.29, 0.717) is 28.7 Å². The van der Waals surface area contributed by atoms with Gasteiger partial charge in [0.25, 0.3) is 0 Å². The number of pyridine rings is 2. The fourth-order valence-corrected chi connectivity index (χ4v) is 2.59. The molecule has 0 aliphatic rings. The minimum atomic E-state index is -0.477. The van der Waals surface area contributed by atoms with Crippen molar-refractivity contribution >= 4 is 28.6 Å². The summed E-state index contributed by atoms with van der Waals surface area (Å²) in [6, 6.07) is 3.52. The van der Waals surface area contributed by atoms with Crippen molar-refractivity contribution < 1.29 is 14.3 Å². The van der Waals surface area contributed by atoms with Crippen molar-refractivity contribution in [2.45, 2.75) is 26.4 Å². The third-order valence-corrected chi connectivity index (χ3v) is 4.16. The highest BCUT2D eigenvalue weighted by Crippen LogP contribution is 2.26. The second kappa shape index (κ2) is 7.30. The zero-order valence-corrected chi connectivity index (χ0v) is 14.8. The van der Waals surface area contributed by atoms with Gasteiger partial charge in [-0.2, -0.15) is 5.10 Å². The molecule has 3 rings (SSSR count). The highest BCUT2D eigenvalue weighted by atomic mass is 16.5. The molecule has 0 aliphatic carbocycles. The molecule has 0 radical (unpaired) electrons. The van der Waals surface area contributed by atoms with Gasteiger partial charge < -0.3 is 9.64 Å². The van der Waals surface area contributed by atoms with Crippen LogP contribution >= 0.6 is 0 Å². The maximum absolute atomic E-state index is 12.6. The number of nitrogens with one attached hydrogen (secondary N) is 1. The fourth-order valence-electron chi connectivity index (χ4n) is 2.59. The normalized spacial score (nSPS) is 12.0. The molecule has 0 saturated heterocycles. The Kier molecular flexibility index (Phi) is 4.92. The van der Waals surface area contributed by atoms with E-state index < -0.39 is 12.1 Å². The van der Waals surface area contributed by atoms with Gasteiger partial charge in [-0.25, -0.2) is 9.78 Å². The summed E-state index contributed by atoms with van der Waals surface area (Å²) in [6.45, 7) is 3.38. The van der Waals surface area contributed by atoms with Gasteiger partial charge >= 0.3 is 5.97 Å². The van der Waals surface area contributed by atoms with Crippen LogP contribution in [0.4, 0.5) is 5.82 Å². The van der Waals surface area contributed by atoms with Crippen LogP contribution < -0.4 is 4.90 Å². The smallest absolute Gasteiger partial charge is 0.341 e. The summed E-state index contributed by atoms with van der Waals surface area (Å²) < 4.78 is 5.69. The monoisotopic (exact) mass is 353 g/mol. The van der Waals surface area contributed by atoms with Crippen LogP contribution in [-0.2, 0) is 9.53 Å². The van der Waals surface area contributed by atoms with E-state index in [1.165, 1.54) is 18.0 Å². The lowest BCUT2D eigenvalue weighted by molar-refractivity contribution is -0.116. The second-order valence-corrected chi connectivity index (χ2v) is 5.85. The highest BCUT2D eigenvalue weighted by Gasteiger charge is 2.20. The van der Waals surface area contributed by atoms with Crippen LogP contribution in [0, 0.1) is 0 Å². The predicted octanol–water partition coefficient (Wildman–Crippen LogP) is 2.64. The molecular formula is C18H19N5O3. The second-order valence-electron chi connectivity index (χ2n) is 5.85. The summed E-state index contributed by atoms with van der Waals surface area (Å²) in [7, 11) is 1.65. The van der Waals surface area contributed by atoms with Gasteiger partial charge in [0.15, 0.2) is 0 Å². The summed E-state index contributed by atoms with van der Waals surface area (Å²) in [5.41, 5.74) is 1.79. The average molecular weight is 353 g/mol. The molecule has 3 aromatic rings. The number of esters is 1. The third kappa shape index (κ3) is 3.39. The number of amides is 1. The molecule has 0 spiro atoms. The van der Waals surface area contributed by atoms with Gasteiger partial charge in [-0.05, 0) is 24.1 Å².